The summed E-state index contributed by atoms with van der Waals surface area (Å²) in [7, 11) is 1.41. The molecule has 112 valence electrons. The zero-order valence-corrected chi connectivity index (χ0v) is 11.0. The number of furan rings is 1. The number of alkyl halides is 3. The van der Waals surface area contributed by atoms with E-state index in [9.17, 15) is 18.0 Å². The molecule has 2 rings (SSSR count). The van der Waals surface area contributed by atoms with Gasteiger partial charge >= 0.3 is 6.18 Å². The number of rotatable bonds is 4. The van der Waals surface area contributed by atoms with Crippen LogP contribution < -0.4 is 10.1 Å². The third-order valence-electron chi connectivity index (χ3n) is 2.84. The Hall–Kier alpha value is -2.44. The number of carbonyl (C=O) groups excluding carboxylic acids is 1. The maximum absolute atomic E-state index is 13.1. The average Bonchev–Trinajstić information content (AvgIpc) is 2.98. The molecule has 1 aromatic heterocycles. The molecule has 0 bridgehead atoms. The van der Waals surface area contributed by atoms with Crippen molar-refractivity contribution in [1.29, 1.82) is 0 Å². The van der Waals surface area contributed by atoms with Gasteiger partial charge in [-0.25, -0.2) is 0 Å². The molecule has 0 saturated carbocycles. The Kier molecular flexibility index (Phi) is 4.21. The average molecular weight is 299 g/mol. The van der Waals surface area contributed by atoms with E-state index in [4.69, 9.17) is 4.74 Å². The highest BCUT2D eigenvalue weighted by atomic mass is 19.4. The molecule has 1 amide bonds. The van der Waals surface area contributed by atoms with Crippen LogP contribution in [-0.2, 0) is 0 Å². The summed E-state index contributed by atoms with van der Waals surface area (Å²) in [4.78, 5) is 11.8. The highest BCUT2D eigenvalue weighted by molar-refractivity contribution is 5.94. The minimum Gasteiger partial charge on any atom is -0.497 e. The van der Waals surface area contributed by atoms with Gasteiger partial charge in [-0.05, 0) is 23.8 Å². The van der Waals surface area contributed by atoms with Gasteiger partial charge in [0.15, 0.2) is 6.04 Å². The maximum atomic E-state index is 13.1. The van der Waals surface area contributed by atoms with E-state index in [1.54, 1.807) is 0 Å². The summed E-state index contributed by atoms with van der Waals surface area (Å²) in [5.74, 6) is -0.428. The van der Waals surface area contributed by atoms with Crippen molar-refractivity contribution in [2.75, 3.05) is 7.11 Å². The van der Waals surface area contributed by atoms with E-state index in [0.29, 0.717) is 5.75 Å². The van der Waals surface area contributed by atoms with Crippen molar-refractivity contribution in [2.45, 2.75) is 12.2 Å². The van der Waals surface area contributed by atoms with Gasteiger partial charge in [0, 0.05) is 0 Å². The largest absolute Gasteiger partial charge is 0.497 e. The fourth-order valence-corrected chi connectivity index (χ4v) is 1.76. The van der Waals surface area contributed by atoms with Crippen LogP contribution in [-0.4, -0.2) is 19.2 Å². The molecule has 2 aromatic rings. The molecule has 0 radical (unpaired) electrons. The molecular weight excluding hydrogens is 287 g/mol. The van der Waals surface area contributed by atoms with E-state index in [0.717, 1.165) is 6.26 Å². The molecule has 0 spiro atoms. The van der Waals surface area contributed by atoms with Crippen LogP contribution in [0, 0.1) is 0 Å². The maximum Gasteiger partial charge on any atom is 0.412 e. The number of nitrogens with one attached hydrogen (secondary N) is 1. The van der Waals surface area contributed by atoms with Gasteiger partial charge in [-0.15, -0.1) is 0 Å². The van der Waals surface area contributed by atoms with Gasteiger partial charge < -0.3 is 14.5 Å². The first-order valence-corrected chi connectivity index (χ1v) is 5.95. The van der Waals surface area contributed by atoms with E-state index in [2.05, 4.69) is 4.42 Å². The third-order valence-corrected chi connectivity index (χ3v) is 2.84. The molecule has 7 heteroatoms. The SMILES string of the molecule is COc1ccc(C(NC(=O)c2ccoc2)C(F)(F)F)cc1. The molecule has 0 saturated heterocycles. The molecule has 1 unspecified atom stereocenters. The Morgan fingerprint density at radius 2 is 1.90 bits per heavy atom. The fourth-order valence-electron chi connectivity index (χ4n) is 1.76. The fraction of sp³-hybridized carbons (Fsp3) is 0.214. The Bertz CT molecular complexity index is 591. The van der Waals surface area contributed by atoms with Crippen molar-refractivity contribution in [3.63, 3.8) is 0 Å². The van der Waals surface area contributed by atoms with Crippen molar-refractivity contribution in [2.24, 2.45) is 0 Å². The highest BCUT2D eigenvalue weighted by Gasteiger charge is 2.42. The standard InChI is InChI=1S/C14H12F3NO3/c1-20-11-4-2-9(3-5-11)12(14(15,16)17)18-13(19)10-6-7-21-8-10/h2-8,12H,1H3,(H,18,19). The van der Waals surface area contributed by atoms with Crippen LogP contribution in [0.2, 0.25) is 0 Å². The van der Waals surface area contributed by atoms with Gasteiger partial charge in [-0.2, -0.15) is 13.2 Å². The lowest BCUT2D eigenvalue weighted by atomic mass is 10.1. The third kappa shape index (κ3) is 3.56. The van der Waals surface area contributed by atoms with Crippen LogP contribution in [0.15, 0.2) is 47.3 Å². The van der Waals surface area contributed by atoms with Crippen LogP contribution in [0.4, 0.5) is 13.2 Å². The predicted octanol–water partition coefficient (Wildman–Crippen LogP) is 3.32. The van der Waals surface area contributed by atoms with Crippen molar-refractivity contribution < 1.29 is 27.1 Å². The van der Waals surface area contributed by atoms with Crippen molar-refractivity contribution >= 4 is 5.91 Å². The predicted molar refractivity (Wildman–Crippen MR) is 68.0 cm³/mol. The molecule has 1 aromatic carbocycles. The van der Waals surface area contributed by atoms with Gasteiger partial charge in [0.05, 0.1) is 18.9 Å². The van der Waals surface area contributed by atoms with E-state index < -0.39 is 18.1 Å². The van der Waals surface area contributed by atoms with Gasteiger partial charge in [-0.1, -0.05) is 12.1 Å². The molecule has 1 N–H and O–H groups in total. The number of carbonyl (C=O) groups is 1. The summed E-state index contributed by atoms with van der Waals surface area (Å²) in [6.07, 6.45) is -2.32. The van der Waals surface area contributed by atoms with E-state index >= 15 is 0 Å². The zero-order chi connectivity index (χ0) is 15.5. The molecule has 1 heterocycles. The normalized spacial score (nSPS) is 12.8. The first-order chi connectivity index (χ1) is 9.91. The lowest BCUT2D eigenvalue weighted by molar-refractivity contribution is -0.155. The lowest BCUT2D eigenvalue weighted by Gasteiger charge is -2.22. The van der Waals surface area contributed by atoms with Gasteiger partial charge in [-0.3, -0.25) is 4.79 Å². The molecule has 0 fully saturated rings. The Balaban J connectivity index is 2.24. The van der Waals surface area contributed by atoms with Crippen LogP contribution in [0.3, 0.4) is 0 Å². The van der Waals surface area contributed by atoms with E-state index in [1.807, 2.05) is 5.32 Å². The number of benzene rings is 1. The number of methoxy groups -OCH3 is 1. The summed E-state index contributed by atoms with van der Waals surface area (Å²) in [5, 5.41) is 1.95. The van der Waals surface area contributed by atoms with Crippen LogP contribution in [0.25, 0.3) is 0 Å². The number of hydrogen-bond donors (Lipinski definition) is 1. The smallest absolute Gasteiger partial charge is 0.412 e. The van der Waals surface area contributed by atoms with Gasteiger partial charge in [0.2, 0.25) is 0 Å². The monoisotopic (exact) mass is 299 g/mol. The number of halogens is 3. The number of ether oxygens (including phenoxy) is 1. The van der Waals surface area contributed by atoms with Crippen LogP contribution in [0.1, 0.15) is 22.0 Å². The minimum atomic E-state index is -4.62. The number of hydrogen-bond acceptors (Lipinski definition) is 3. The molecule has 21 heavy (non-hydrogen) atoms. The molecule has 0 aliphatic rings. The van der Waals surface area contributed by atoms with Crippen LogP contribution >= 0.6 is 0 Å². The summed E-state index contributed by atoms with van der Waals surface area (Å²) in [5.41, 5.74) is -0.0575. The summed E-state index contributed by atoms with van der Waals surface area (Å²) >= 11 is 0. The zero-order valence-electron chi connectivity index (χ0n) is 11.0. The topological polar surface area (TPSA) is 51.5 Å². The molecule has 4 nitrogen and oxygen atoms in total. The van der Waals surface area contributed by atoms with E-state index in [-0.39, 0.29) is 11.1 Å². The quantitative estimate of drug-likeness (QED) is 0.942. The highest BCUT2D eigenvalue weighted by Crippen LogP contribution is 2.33. The lowest BCUT2D eigenvalue weighted by Crippen LogP contribution is -2.38. The first-order valence-electron chi connectivity index (χ1n) is 5.95. The van der Waals surface area contributed by atoms with Gasteiger partial charge in [0.1, 0.15) is 12.0 Å². The van der Waals surface area contributed by atoms with Crippen LogP contribution in [0.5, 0.6) is 5.75 Å². The summed E-state index contributed by atoms with van der Waals surface area (Å²) in [6.45, 7) is 0. The second-order valence-electron chi connectivity index (χ2n) is 4.23. The van der Waals surface area contributed by atoms with E-state index in [1.165, 1.54) is 43.7 Å². The molecule has 0 aliphatic heterocycles. The minimum absolute atomic E-state index is 0.0257. The van der Waals surface area contributed by atoms with Crippen molar-refractivity contribution in [3.05, 3.63) is 54.0 Å². The molecular formula is C14H12F3NO3. The van der Waals surface area contributed by atoms with Crippen molar-refractivity contribution in [3.8, 4) is 5.75 Å². The first kappa shape index (κ1) is 15.0. The Morgan fingerprint density at radius 3 is 2.38 bits per heavy atom. The second-order valence-corrected chi connectivity index (χ2v) is 4.23. The van der Waals surface area contributed by atoms with Crippen molar-refractivity contribution in [1.82, 2.24) is 5.32 Å². The van der Waals surface area contributed by atoms with Gasteiger partial charge in [0.25, 0.3) is 5.91 Å². The summed E-state index contributed by atoms with van der Waals surface area (Å²) < 4.78 is 48.9. The Labute approximate surface area is 118 Å². The second kappa shape index (κ2) is 5.90. The Morgan fingerprint density at radius 1 is 1.24 bits per heavy atom. The molecule has 1 atom stereocenters. The summed E-state index contributed by atoms with van der Waals surface area (Å²) in [6, 6.07) is 4.50. The molecule has 0 aliphatic carbocycles. The number of amides is 1.